The van der Waals surface area contributed by atoms with Gasteiger partial charge < -0.3 is 14.9 Å². The van der Waals surface area contributed by atoms with Crippen LogP contribution < -0.4 is 4.74 Å². The zero-order chi connectivity index (χ0) is 24.9. The Morgan fingerprint density at radius 3 is 1.82 bits per heavy atom. The van der Waals surface area contributed by atoms with Crippen molar-refractivity contribution in [3.05, 3.63) is 29.3 Å². The highest BCUT2D eigenvalue weighted by molar-refractivity contribution is 5.66. The fraction of sp³-hybridized carbons (Fsp3) is 0.724. The predicted molar refractivity (Wildman–Crippen MR) is 139 cm³/mol. The lowest BCUT2D eigenvalue weighted by Gasteiger charge is -2.16. The first-order valence-corrected chi connectivity index (χ1v) is 13.7. The van der Waals surface area contributed by atoms with Crippen molar-refractivity contribution >= 4 is 11.9 Å². The summed E-state index contributed by atoms with van der Waals surface area (Å²) in [7, 11) is 0. The Morgan fingerprint density at radius 2 is 1.21 bits per heavy atom. The maximum atomic E-state index is 10.7. The van der Waals surface area contributed by atoms with E-state index in [9.17, 15) is 9.59 Å². The number of carboxylic acid groups (broad SMARTS) is 2. The lowest BCUT2D eigenvalue weighted by molar-refractivity contribution is -0.138. The highest BCUT2D eigenvalue weighted by atomic mass is 16.5. The van der Waals surface area contributed by atoms with Gasteiger partial charge in [-0.3, -0.25) is 9.59 Å². The van der Waals surface area contributed by atoms with Crippen LogP contribution in [-0.4, -0.2) is 28.8 Å². The van der Waals surface area contributed by atoms with Crippen LogP contribution in [0.15, 0.2) is 18.2 Å². The van der Waals surface area contributed by atoms with Crippen LogP contribution in [0.5, 0.6) is 5.75 Å². The zero-order valence-electron chi connectivity index (χ0n) is 21.5. The Labute approximate surface area is 207 Å². The molecule has 1 aromatic rings. The molecule has 0 fully saturated rings. The maximum Gasteiger partial charge on any atom is 0.303 e. The van der Waals surface area contributed by atoms with Crippen LogP contribution in [0, 0.1) is 0 Å². The van der Waals surface area contributed by atoms with Crippen molar-refractivity contribution in [3.8, 4) is 5.75 Å². The largest absolute Gasteiger partial charge is 0.493 e. The monoisotopic (exact) mass is 476 g/mol. The Hall–Kier alpha value is -2.04. The average molecular weight is 477 g/mol. The highest BCUT2D eigenvalue weighted by Gasteiger charge is 2.10. The van der Waals surface area contributed by atoms with Crippen molar-refractivity contribution < 1.29 is 24.5 Å². The molecule has 2 N–H and O–H groups in total. The standard InChI is InChI=1S/C29H48O5/c1-2-3-4-11-16-24-34-27-21-17-19-25(18-12-7-5-9-14-22-28(30)31)26(27)20-13-8-6-10-15-23-29(32)33/h17,19,21H,2-16,18,20,22-24H2,1H3,(H,30,31)(H,32,33). The summed E-state index contributed by atoms with van der Waals surface area (Å²) in [6.07, 6.45) is 18.9. The quantitative estimate of drug-likeness (QED) is 0.156. The fourth-order valence-electron chi connectivity index (χ4n) is 4.38. The van der Waals surface area contributed by atoms with Gasteiger partial charge in [-0.05, 0) is 62.1 Å². The molecule has 0 bridgehead atoms. The lowest BCUT2D eigenvalue weighted by atomic mass is 9.95. The molecule has 1 rings (SSSR count). The van der Waals surface area contributed by atoms with E-state index < -0.39 is 11.9 Å². The van der Waals surface area contributed by atoms with Gasteiger partial charge in [0.15, 0.2) is 0 Å². The number of aliphatic carboxylic acids is 2. The second-order valence-electron chi connectivity index (χ2n) is 9.48. The van der Waals surface area contributed by atoms with E-state index in [1.54, 1.807) is 0 Å². The van der Waals surface area contributed by atoms with Gasteiger partial charge in [-0.15, -0.1) is 0 Å². The molecule has 0 aliphatic carbocycles. The number of aryl methyl sites for hydroxylation is 1. The minimum Gasteiger partial charge on any atom is -0.493 e. The molecule has 0 saturated carbocycles. The van der Waals surface area contributed by atoms with Crippen molar-refractivity contribution in [3.63, 3.8) is 0 Å². The van der Waals surface area contributed by atoms with Gasteiger partial charge in [-0.25, -0.2) is 0 Å². The van der Waals surface area contributed by atoms with E-state index in [2.05, 4.69) is 25.1 Å². The molecule has 0 aromatic heterocycles. The zero-order valence-corrected chi connectivity index (χ0v) is 21.5. The summed E-state index contributed by atoms with van der Waals surface area (Å²) < 4.78 is 6.24. The van der Waals surface area contributed by atoms with Crippen molar-refractivity contribution in [2.75, 3.05) is 6.61 Å². The third-order valence-corrected chi connectivity index (χ3v) is 6.39. The smallest absolute Gasteiger partial charge is 0.303 e. The average Bonchev–Trinajstić information content (AvgIpc) is 2.80. The molecule has 0 spiro atoms. The van der Waals surface area contributed by atoms with Crippen molar-refractivity contribution in [2.45, 2.75) is 129 Å². The van der Waals surface area contributed by atoms with Crippen LogP contribution in [0.2, 0.25) is 0 Å². The topological polar surface area (TPSA) is 83.8 Å². The fourth-order valence-corrected chi connectivity index (χ4v) is 4.38. The molecule has 0 aliphatic rings. The van der Waals surface area contributed by atoms with Crippen LogP contribution in [0.25, 0.3) is 0 Å². The van der Waals surface area contributed by atoms with Gasteiger partial charge in [0, 0.05) is 12.8 Å². The van der Waals surface area contributed by atoms with E-state index in [-0.39, 0.29) is 12.8 Å². The van der Waals surface area contributed by atoms with E-state index in [1.807, 2.05) is 0 Å². The first-order chi connectivity index (χ1) is 16.5. The van der Waals surface area contributed by atoms with Crippen LogP contribution in [-0.2, 0) is 22.4 Å². The van der Waals surface area contributed by atoms with E-state index in [4.69, 9.17) is 14.9 Å². The van der Waals surface area contributed by atoms with Gasteiger partial charge in [-0.2, -0.15) is 0 Å². The van der Waals surface area contributed by atoms with Gasteiger partial charge in [0.2, 0.25) is 0 Å². The number of rotatable bonds is 23. The van der Waals surface area contributed by atoms with Crippen molar-refractivity contribution in [2.24, 2.45) is 0 Å². The molecule has 0 unspecified atom stereocenters. The van der Waals surface area contributed by atoms with Crippen molar-refractivity contribution in [1.29, 1.82) is 0 Å². The molecule has 194 valence electrons. The minimum absolute atomic E-state index is 0.273. The summed E-state index contributed by atoms with van der Waals surface area (Å²) >= 11 is 0. The summed E-state index contributed by atoms with van der Waals surface area (Å²) in [5.74, 6) is -0.360. The number of hydrogen-bond donors (Lipinski definition) is 2. The van der Waals surface area contributed by atoms with Gasteiger partial charge in [0.25, 0.3) is 0 Å². The third-order valence-electron chi connectivity index (χ3n) is 6.39. The number of carboxylic acids is 2. The second kappa shape index (κ2) is 20.3. The molecule has 0 saturated heterocycles. The molecule has 0 radical (unpaired) electrons. The summed E-state index contributed by atoms with van der Waals surface area (Å²) in [5, 5.41) is 17.5. The molecule has 0 aliphatic heterocycles. The predicted octanol–water partition coefficient (Wildman–Crippen LogP) is 7.97. The first kappa shape index (κ1) is 30.0. The molecule has 0 atom stereocenters. The number of benzene rings is 1. The molecule has 5 nitrogen and oxygen atoms in total. The van der Waals surface area contributed by atoms with Crippen LogP contribution in [0.3, 0.4) is 0 Å². The Bertz CT molecular complexity index is 670. The minimum atomic E-state index is -0.702. The number of unbranched alkanes of at least 4 members (excludes halogenated alkanes) is 12. The molecule has 0 amide bonds. The molecule has 34 heavy (non-hydrogen) atoms. The van der Waals surface area contributed by atoms with Gasteiger partial charge in [0.1, 0.15) is 5.75 Å². The highest BCUT2D eigenvalue weighted by Crippen LogP contribution is 2.27. The summed E-state index contributed by atoms with van der Waals surface area (Å²) in [6, 6.07) is 6.47. The van der Waals surface area contributed by atoms with Gasteiger partial charge >= 0.3 is 11.9 Å². The molecular weight excluding hydrogens is 428 g/mol. The summed E-state index contributed by atoms with van der Waals surface area (Å²) in [6.45, 7) is 3.01. The van der Waals surface area contributed by atoms with E-state index in [0.29, 0.717) is 0 Å². The SMILES string of the molecule is CCCCCCCOc1cccc(CCCCCCCC(=O)O)c1CCCCCCCC(=O)O. The Balaban J connectivity index is 2.53. The van der Waals surface area contributed by atoms with Crippen LogP contribution in [0.4, 0.5) is 0 Å². The normalized spacial score (nSPS) is 11.0. The van der Waals surface area contributed by atoms with Crippen LogP contribution >= 0.6 is 0 Å². The van der Waals surface area contributed by atoms with Crippen LogP contribution in [0.1, 0.15) is 127 Å². The third kappa shape index (κ3) is 15.7. The van der Waals surface area contributed by atoms with E-state index in [1.165, 1.54) is 36.8 Å². The molecule has 5 heteroatoms. The maximum absolute atomic E-state index is 10.7. The second-order valence-corrected chi connectivity index (χ2v) is 9.48. The number of carbonyl (C=O) groups is 2. The lowest BCUT2D eigenvalue weighted by Crippen LogP contribution is -2.04. The van der Waals surface area contributed by atoms with Crippen molar-refractivity contribution in [1.82, 2.24) is 0 Å². The molecule has 0 heterocycles. The Kier molecular flexibility index (Phi) is 17.9. The first-order valence-electron chi connectivity index (χ1n) is 13.7. The van der Waals surface area contributed by atoms with E-state index in [0.717, 1.165) is 95.8 Å². The van der Waals surface area contributed by atoms with Gasteiger partial charge in [-0.1, -0.05) is 83.3 Å². The van der Waals surface area contributed by atoms with Gasteiger partial charge in [0.05, 0.1) is 6.61 Å². The summed E-state index contributed by atoms with van der Waals surface area (Å²) in [4.78, 5) is 21.3. The summed E-state index contributed by atoms with van der Waals surface area (Å²) in [5.41, 5.74) is 2.74. The number of hydrogen-bond acceptors (Lipinski definition) is 3. The van der Waals surface area contributed by atoms with E-state index >= 15 is 0 Å². The molecular formula is C29H48O5. The number of ether oxygens (including phenoxy) is 1. The molecule has 1 aromatic carbocycles. The Morgan fingerprint density at radius 1 is 0.676 bits per heavy atom.